The maximum absolute atomic E-state index is 14.5. The molecule has 2 unspecified atom stereocenters. The van der Waals surface area contributed by atoms with Crippen molar-refractivity contribution >= 4 is 34.7 Å². The summed E-state index contributed by atoms with van der Waals surface area (Å²) in [4.78, 5) is 53.0. The Morgan fingerprint density at radius 1 is 0.857 bits per heavy atom. The zero-order valence-corrected chi connectivity index (χ0v) is 28.8. The van der Waals surface area contributed by atoms with E-state index >= 15 is 0 Å². The van der Waals surface area contributed by atoms with Crippen LogP contribution in [0.5, 0.6) is 0 Å². The number of hydrogen-bond donors (Lipinski definition) is 5. The van der Waals surface area contributed by atoms with E-state index in [1.54, 1.807) is 11.9 Å². The highest BCUT2D eigenvalue weighted by molar-refractivity contribution is 5.90. The molecule has 0 bridgehead atoms. The Bertz CT molecular complexity index is 1480. The van der Waals surface area contributed by atoms with Gasteiger partial charge >= 0.3 is 12.1 Å². The van der Waals surface area contributed by atoms with Gasteiger partial charge in [-0.2, -0.15) is 0 Å². The van der Waals surface area contributed by atoms with Crippen LogP contribution in [0.3, 0.4) is 0 Å². The first-order chi connectivity index (χ1) is 23.6. The van der Waals surface area contributed by atoms with Gasteiger partial charge in [0.05, 0.1) is 12.6 Å². The van der Waals surface area contributed by atoms with Gasteiger partial charge in [-0.25, -0.2) is 14.6 Å². The topological polar surface area (TPSA) is 162 Å². The number of fused-ring (bicyclic) bond motifs is 1. The van der Waals surface area contributed by atoms with Crippen molar-refractivity contribution in [3.63, 3.8) is 0 Å². The van der Waals surface area contributed by atoms with E-state index in [0.717, 1.165) is 21.9 Å². The summed E-state index contributed by atoms with van der Waals surface area (Å²) >= 11 is 0. The third-order valence-corrected chi connectivity index (χ3v) is 7.85. The van der Waals surface area contributed by atoms with Crippen LogP contribution in [-0.2, 0) is 32.2 Å². The first-order valence-electron chi connectivity index (χ1n) is 16.7. The average molecular weight is 679 g/mol. The zero-order valence-electron chi connectivity index (χ0n) is 28.8. The number of carboxylic acid groups (broad SMARTS) is 1. The highest BCUT2D eigenvalue weighted by atomic mass is 16.7. The van der Waals surface area contributed by atoms with E-state index in [1.165, 1.54) is 5.01 Å². The predicted octanol–water partition coefficient (Wildman–Crippen LogP) is 4.22. The van der Waals surface area contributed by atoms with E-state index in [-0.39, 0.29) is 32.0 Å². The van der Waals surface area contributed by atoms with E-state index in [9.17, 15) is 19.2 Å². The number of nitrogens with zero attached hydrogens (tertiary/aromatic N) is 2. The molecule has 13 nitrogen and oxygen atoms in total. The first kappa shape index (κ1) is 38.7. The lowest BCUT2D eigenvalue weighted by molar-refractivity contribution is -0.179. The highest BCUT2D eigenvalue weighted by Gasteiger charge is 2.34. The smallest absolute Gasteiger partial charge is 0.404 e. The van der Waals surface area contributed by atoms with E-state index < -0.39 is 36.4 Å². The standard InChI is InChI=1S/C36H50N6O7/c1-5-48-34(49-6-2)26(3)42(24-29-19-14-18-28-17-10-11-20-30(28)29)33(44)31(21-12-13-22-37-36(46)47)39-32(43)25-41(4)40-35(45)38-23-27-15-8-7-9-16-27/h7-11,14-20,26,31,34,37H,5-6,12-13,21-25H2,1-4H3,(H,39,43)(H,46,47)(H2,38,40,45). The summed E-state index contributed by atoms with van der Waals surface area (Å²) < 4.78 is 11.8. The highest BCUT2D eigenvalue weighted by Crippen LogP contribution is 2.23. The molecule has 49 heavy (non-hydrogen) atoms. The number of urea groups is 1. The van der Waals surface area contributed by atoms with Crippen LogP contribution in [0.25, 0.3) is 10.8 Å². The molecule has 5 amide bonds. The van der Waals surface area contributed by atoms with Gasteiger partial charge < -0.3 is 35.4 Å². The van der Waals surface area contributed by atoms with E-state index in [2.05, 4.69) is 21.4 Å². The third-order valence-electron chi connectivity index (χ3n) is 7.85. The van der Waals surface area contributed by atoms with Crippen molar-refractivity contribution in [3.8, 4) is 0 Å². The molecule has 13 heteroatoms. The number of likely N-dealkylation sites (N-methyl/N-ethyl adjacent to an activating group) is 1. The number of amides is 5. The molecule has 266 valence electrons. The molecule has 0 spiro atoms. The summed E-state index contributed by atoms with van der Waals surface area (Å²) in [5.41, 5.74) is 4.47. The molecular weight excluding hydrogens is 628 g/mol. The van der Waals surface area contributed by atoms with Crippen LogP contribution in [0.2, 0.25) is 0 Å². The molecule has 0 aromatic heterocycles. The number of ether oxygens (including phenoxy) is 2. The van der Waals surface area contributed by atoms with Gasteiger partial charge in [0.1, 0.15) is 6.04 Å². The number of nitrogens with one attached hydrogen (secondary N) is 4. The Balaban J connectivity index is 1.80. The van der Waals surface area contributed by atoms with Crippen LogP contribution in [-0.4, -0.2) is 90.7 Å². The molecule has 3 aromatic rings. The van der Waals surface area contributed by atoms with Gasteiger partial charge in [-0.05, 0) is 61.9 Å². The number of hydrogen-bond acceptors (Lipinski definition) is 7. The Morgan fingerprint density at radius 3 is 2.22 bits per heavy atom. The number of benzene rings is 3. The Kier molecular flexibility index (Phi) is 16.3. The van der Waals surface area contributed by atoms with Gasteiger partial charge in [0.15, 0.2) is 6.29 Å². The normalized spacial score (nSPS) is 12.4. The Morgan fingerprint density at radius 2 is 1.53 bits per heavy atom. The van der Waals surface area contributed by atoms with Gasteiger partial charge in [0.2, 0.25) is 11.8 Å². The predicted molar refractivity (Wildman–Crippen MR) is 187 cm³/mol. The molecule has 0 heterocycles. The van der Waals surface area contributed by atoms with E-state index in [4.69, 9.17) is 14.6 Å². The quantitative estimate of drug-likeness (QED) is 0.0674. The molecular formula is C36H50N6O7. The number of unbranched alkanes of at least 4 members (excludes halogenated alkanes) is 1. The molecule has 0 radical (unpaired) electrons. The second-order valence-electron chi connectivity index (χ2n) is 11.6. The second-order valence-corrected chi connectivity index (χ2v) is 11.6. The number of carbonyl (C=O) groups excluding carboxylic acids is 3. The van der Waals surface area contributed by atoms with Crippen LogP contribution in [0, 0.1) is 0 Å². The van der Waals surface area contributed by atoms with E-state index in [0.29, 0.717) is 32.6 Å². The molecule has 3 aromatic carbocycles. The lowest BCUT2D eigenvalue weighted by Crippen LogP contribution is -2.56. The molecule has 3 rings (SSSR count). The van der Waals surface area contributed by atoms with Gasteiger partial charge in [-0.1, -0.05) is 72.8 Å². The van der Waals surface area contributed by atoms with Gasteiger partial charge in [0.25, 0.3) is 0 Å². The van der Waals surface area contributed by atoms with Gasteiger partial charge in [-0.3, -0.25) is 15.0 Å². The summed E-state index contributed by atoms with van der Waals surface area (Å²) in [5, 5.41) is 20.3. The molecule has 2 atom stereocenters. The molecule has 0 aliphatic heterocycles. The van der Waals surface area contributed by atoms with Crippen molar-refractivity contribution < 1.29 is 33.8 Å². The summed E-state index contributed by atoms with van der Waals surface area (Å²) in [6.07, 6.45) is -0.655. The molecule has 0 saturated heterocycles. The Hall–Kier alpha value is -4.72. The number of rotatable bonds is 20. The minimum atomic E-state index is -1.13. The average Bonchev–Trinajstić information content (AvgIpc) is 3.08. The molecule has 0 aliphatic carbocycles. The van der Waals surface area contributed by atoms with Crippen LogP contribution in [0.4, 0.5) is 9.59 Å². The Labute approximate surface area is 288 Å². The monoisotopic (exact) mass is 678 g/mol. The summed E-state index contributed by atoms with van der Waals surface area (Å²) in [5.74, 6) is -0.808. The van der Waals surface area contributed by atoms with Crippen molar-refractivity contribution in [3.05, 3.63) is 83.9 Å². The fourth-order valence-corrected chi connectivity index (χ4v) is 5.45. The third kappa shape index (κ3) is 13.0. The van der Waals surface area contributed by atoms with Crippen molar-refractivity contribution in [2.75, 3.05) is 33.4 Å². The minimum Gasteiger partial charge on any atom is -0.465 e. The zero-order chi connectivity index (χ0) is 35.6. The SMILES string of the molecule is CCOC(OCC)C(C)N(Cc1cccc2ccccc12)C(=O)C(CCCCNC(=O)O)NC(=O)CN(C)NC(=O)NCc1ccccc1. The van der Waals surface area contributed by atoms with Crippen LogP contribution >= 0.6 is 0 Å². The minimum absolute atomic E-state index is 0.210. The van der Waals surface area contributed by atoms with Crippen LogP contribution in [0.15, 0.2) is 72.8 Å². The first-order valence-corrected chi connectivity index (χ1v) is 16.7. The fraction of sp³-hybridized carbons (Fsp3) is 0.444. The lowest BCUT2D eigenvalue weighted by Gasteiger charge is -2.37. The fourth-order valence-electron chi connectivity index (χ4n) is 5.45. The van der Waals surface area contributed by atoms with Crippen molar-refractivity contribution in [2.45, 2.75) is 71.5 Å². The molecule has 0 fully saturated rings. The molecule has 5 N–H and O–H groups in total. The van der Waals surface area contributed by atoms with Crippen LogP contribution < -0.4 is 21.4 Å². The summed E-state index contributed by atoms with van der Waals surface area (Å²) in [6, 6.07) is 21.3. The molecule has 0 aliphatic rings. The lowest BCUT2D eigenvalue weighted by atomic mass is 10.0. The maximum Gasteiger partial charge on any atom is 0.404 e. The second kappa shape index (κ2) is 20.6. The van der Waals surface area contributed by atoms with E-state index in [1.807, 2.05) is 93.6 Å². The van der Waals surface area contributed by atoms with Crippen molar-refractivity contribution in [1.29, 1.82) is 0 Å². The van der Waals surface area contributed by atoms with Gasteiger partial charge in [0, 0.05) is 39.9 Å². The largest absolute Gasteiger partial charge is 0.465 e. The molecule has 0 saturated carbocycles. The summed E-state index contributed by atoms with van der Waals surface area (Å²) in [7, 11) is 1.56. The summed E-state index contributed by atoms with van der Waals surface area (Å²) in [6.45, 7) is 6.86. The van der Waals surface area contributed by atoms with Crippen molar-refractivity contribution in [2.24, 2.45) is 0 Å². The van der Waals surface area contributed by atoms with Crippen molar-refractivity contribution in [1.82, 2.24) is 31.3 Å². The van der Waals surface area contributed by atoms with Gasteiger partial charge in [-0.15, -0.1) is 0 Å². The number of hydrazine groups is 1. The van der Waals surface area contributed by atoms with Crippen LogP contribution in [0.1, 0.15) is 51.2 Å². The maximum atomic E-state index is 14.5. The number of carbonyl (C=O) groups is 4.